The summed E-state index contributed by atoms with van der Waals surface area (Å²) in [5, 5.41) is 6.98. The van der Waals surface area contributed by atoms with Crippen molar-refractivity contribution >= 4 is 35.7 Å². The third-order valence-electron chi connectivity index (χ3n) is 7.99. The van der Waals surface area contributed by atoms with Gasteiger partial charge in [-0.2, -0.15) is 0 Å². The van der Waals surface area contributed by atoms with Gasteiger partial charge in [-0.05, 0) is 72.8 Å². The van der Waals surface area contributed by atoms with E-state index in [0.717, 1.165) is 85.2 Å². The Balaban J connectivity index is 1.34. The van der Waals surface area contributed by atoms with E-state index in [2.05, 4.69) is 83.4 Å². The zero-order valence-electron chi connectivity index (χ0n) is 23.6. The molecule has 2 atom stereocenters. The van der Waals surface area contributed by atoms with Crippen molar-refractivity contribution < 1.29 is 14.0 Å². The van der Waals surface area contributed by atoms with E-state index >= 15 is 0 Å². The molecule has 2 heterocycles. The predicted molar refractivity (Wildman–Crippen MR) is 170 cm³/mol. The molecule has 0 amide bonds. The van der Waals surface area contributed by atoms with Crippen molar-refractivity contribution in [3.63, 3.8) is 0 Å². The van der Waals surface area contributed by atoms with Crippen LogP contribution in [0.25, 0.3) is 0 Å². The number of rotatable bonds is 10. The van der Waals surface area contributed by atoms with Gasteiger partial charge in [0.25, 0.3) is 0 Å². The Hall–Kier alpha value is -3.35. The highest BCUT2D eigenvalue weighted by Gasteiger charge is 2.32. The minimum atomic E-state index is -0.237. The smallest absolute Gasteiger partial charge is 0.365 e. The highest BCUT2D eigenvalue weighted by molar-refractivity contribution is 6.81. The first-order valence-corrected chi connectivity index (χ1v) is 15.0. The molecule has 2 N–H and O–H groups in total. The molecule has 208 valence electrons. The summed E-state index contributed by atoms with van der Waals surface area (Å²) < 4.78 is 20.5. The van der Waals surface area contributed by atoms with Gasteiger partial charge in [-0.15, -0.1) is 0 Å². The zero-order valence-corrected chi connectivity index (χ0v) is 23.6. The molecule has 0 bridgehead atoms. The molecule has 0 spiro atoms. The number of benzene rings is 4. The minimum Gasteiger partial charge on any atom is -0.458 e. The third kappa shape index (κ3) is 7.11. The van der Waals surface area contributed by atoms with E-state index in [1.807, 2.05) is 36.4 Å². The van der Waals surface area contributed by atoms with E-state index in [1.54, 1.807) is 0 Å². The van der Waals surface area contributed by atoms with Gasteiger partial charge in [-0.25, -0.2) is 0 Å². The number of hydrogen-bond acceptors (Lipinski definition) is 5. The lowest BCUT2D eigenvalue weighted by Gasteiger charge is -2.29. The second kappa shape index (κ2) is 14.0. The average molecular weight is 544 g/mol. The van der Waals surface area contributed by atoms with Gasteiger partial charge in [0.1, 0.15) is 11.5 Å². The lowest BCUT2D eigenvalue weighted by Crippen LogP contribution is -2.51. The highest BCUT2D eigenvalue weighted by Crippen LogP contribution is 2.21. The van der Waals surface area contributed by atoms with E-state index in [-0.39, 0.29) is 26.0 Å². The topological polar surface area (TPSA) is 51.8 Å². The van der Waals surface area contributed by atoms with Crippen molar-refractivity contribution in [3.05, 3.63) is 109 Å². The van der Waals surface area contributed by atoms with Gasteiger partial charge in [-0.1, -0.05) is 97.1 Å². The molecule has 2 saturated heterocycles. The van der Waals surface area contributed by atoms with Crippen molar-refractivity contribution in [1.29, 1.82) is 0 Å². The van der Waals surface area contributed by atoms with Crippen molar-refractivity contribution in [1.82, 2.24) is 10.6 Å². The molecule has 2 aliphatic heterocycles. The van der Waals surface area contributed by atoms with Gasteiger partial charge in [0.2, 0.25) is 0 Å². The first kappa shape index (κ1) is 27.8. The Morgan fingerprint density at radius 3 is 1.34 bits per heavy atom. The fraction of sp³-hybridized carbons (Fsp3) is 0.294. The SMILES string of the molecule is c1ccc(B(OC2CCCNC2)c2ccccc2Oc2ccccc2B(OC2CCCNC2)c2ccccc2)cc1. The molecule has 2 aliphatic rings. The predicted octanol–water partition coefficient (Wildman–Crippen LogP) is 3.23. The lowest BCUT2D eigenvalue weighted by molar-refractivity contribution is 0.173. The van der Waals surface area contributed by atoms with Crippen LogP contribution in [0.15, 0.2) is 109 Å². The maximum absolute atomic E-state index is 6.83. The number of para-hydroxylation sites is 2. The molecule has 0 aliphatic carbocycles. The van der Waals surface area contributed by atoms with E-state index < -0.39 is 0 Å². The molecule has 2 unspecified atom stereocenters. The van der Waals surface area contributed by atoms with Gasteiger partial charge in [-0.3, -0.25) is 0 Å². The second-order valence-corrected chi connectivity index (χ2v) is 11.0. The van der Waals surface area contributed by atoms with Crippen LogP contribution in [0.4, 0.5) is 0 Å². The largest absolute Gasteiger partial charge is 0.458 e. The Morgan fingerprint density at radius 1 is 0.512 bits per heavy atom. The third-order valence-corrected chi connectivity index (χ3v) is 7.99. The monoisotopic (exact) mass is 544 g/mol. The van der Waals surface area contributed by atoms with Gasteiger partial charge in [0.05, 0.1) is 12.2 Å². The quantitative estimate of drug-likeness (QED) is 0.301. The van der Waals surface area contributed by atoms with E-state index in [0.29, 0.717) is 0 Å². The van der Waals surface area contributed by atoms with Crippen molar-refractivity contribution in [3.8, 4) is 11.5 Å². The normalized spacial score (nSPS) is 18.9. The van der Waals surface area contributed by atoms with Crippen molar-refractivity contribution in [2.75, 3.05) is 26.2 Å². The van der Waals surface area contributed by atoms with Crippen LogP contribution in [0, 0.1) is 0 Å². The Labute approximate surface area is 244 Å². The number of piperidine rings is 2. The highest BCUT2D eigenvalue weighted by atomic mass is 16.5. The van der Waals surface area contributed by atoms with Crippen LogP contribution in [-0.4, -0.2) is 52.2 Å². The average Bonchev–Trinajstić information content (AvgIpc) is 3.05. The summed E-state index contributed by atoms with van der Waals surface area (Å²) in [4.78, 5) is 0. The summed E-state index contributed by atoms with van der Waals surface area (Å²) in [7, 11) is 0. The van der Waals surface area contributed by atoms with Crippen LogP contribution in [-0.2, 0) is 9.31 Å². The molecule has 2 fully saturated rings. The van der Waals surface area contributed by atoms with Crippen LogP contribution in [0.3, 0.4) is 0 Å². The molecular formula is C34H38B2N2O3. The summed E-state index contributed by atoms with van der Waals surface area (Å²) in [5.41, 5.74) is 4.29. The van der Waals surface area contributed by atoms with Crippen molar-refractivity contribution in [2.45, 2.75) is 37.9 Å². The molecule has 6 rings (SSSR count). The van der Waals surface area contributed by atoms with Crippen molar-refractivity contribution in [2.24, 2.45) is 0 Å². The van der Waals surface area contributed by atoms with Crippen LogP contribution >= 0.6 is 0 Å². The number of hydrogen-bond donors (Lipinski definition) is 2. The molecule has 0 saturated carbocycles. The van der Waals surface area contributed by atoms with E-state index in [9.17, 15) is 0 Å². The minimum absolute atomic E-state index is 0.147. The van der Waals surface area contributed by atoms with Gasteiger partial charge in [0, 0.05) is 13.1 Å². The van der Waals surface area contributed by atoms with E-state index in [1.165, 1.54) is 0 Å². The molecular weight excluding hydrogens is 506 g/mol. The first-order chi connectivity index (χ1) is 20.3. The first-order valence-electron chi connectivity index (χ1n) is 15.0. The Bertz CT molecular complexity index is 1260. The van der Waals surface area contributed by atoms with Crippen LogP contribution in [0.2, 0.25) is 0 Å². The van der Waals surface area contributed by atoms with Crippen LogP contribution < -0.4 is 37.2 Å². The summed E-state index contributed by atoms with van der Waals surface area (Å²) >= 11 is 0. The lowest BCUT2D eigenvalue weighted by atomic mass is 9.54. The van der Waals surface area contributed by atoms with Crippen LogP contribution in [0.1, 0.15) is 25.7 Å². The number of nitrogens with one attached hydrogen (secondary N) is 2. The fourth-order valence-electron chi connectivity index (χ4n) is 5.87. The summed E-state index contributed by atoms with van der Waals surface area (Å²) in [6.45, 7) is 3.35. The fourth-order valence-corrected chi connectivity index (χ4v) is 5.87. The van der Waals surface area contributed by atoms with E-state index in [4.69, 9.17) is 14.0 Å². The summed E-state index contributed by atoms with van der Waals surface area (Å²) in [6.07, 6.45) is 4.64. The Kier molecular flexibility index (Phi) is 9.50. The maximum atomic E-state index is 6.83. The molecule has 0 radical (unpaired) electrons. The standard InChI is InChI=1S/C34H38B2N2O3/c1-3-13-27(14-4-1)35(40-29-17-11-23-37-25-29)31-19-7-9-21-33(31)39-34-22-10-8-20-32(34)36(28-15-5-2-6-16-28)41-30-18-12-24-38-26-30/h1-10,13-16,19-22,29-30,37-38H,11-12,17-18,23-26H2. The zero-order chi connectivity index (χ0) is 27.7. The molecule has 41 heavy (non-hydrogen) atoms. The summed E-state index contributed by atoms with van der Waals surface area (Å²) in [5.74, 6) is 1.59. The number of ether oxygens (including phenoxy) is 1. The second-order valence-electron chi connectivity index (χ2n) is 11.0. The summed E-state index contributed by atoms with van der Waals surface area (Å²) in [6, 6.07) is 37.5. The molecule has 7 heteroatoms. The van der Waals surface area contributed by atoms with Gasteiger partial charge < -0.3 is 24.7 Å². The van der Waals surface area contributed by atoms with Gasteiger partial charge in [0.15, 0.2) is 0 Å². The molecule has 0 aromatic heterocycles. The van der Waals surface area contributed by atoms with Crippen LogP contribution in [0.5, 0.6) is 11.5 Å². The molecule has 4 aromatic carbocycles. The Morgan fingerprint density at radius 2 is 0.927 bits per heavy atom. The van der Waals surface area contributed by atoms with Gasteiger partial charge >= 0.3 is 13.8 Å². The molecule has 4 aromatic rings. The maximum Gasteiger partial charge on any atom is 0.365 e. The molecule has 5 nitrogen and oxygen atoms in total.